The van der Waals surface area contributed by atoms with E-state index in [1.807, 2.05) is 31.1 Å². The number of likely N-dealkylation sites (tertiary alicyclic amines) is 1. The Balaban J connectivity index is 1.43. The number of amides is 2. The zero-order valence-electron chi connectivity index (χ0n) is 17.3. The van der Waals surface area contributed by atoms with Gasteiger partial charge in [0, 0.05) is 35.8 Å². The largest absolute Gasteiger partial charge is 0.493 e. The second kappa shape index (κ2) is 8.20. The summed E-state index contributed by atoms with van der Waals surface area (Å²) in [6.45, 7) is 1.50. The summed E-state index contributed by atoms with van der Waals surface area (Å²) in [6.07, 6.45) is 0.981. The summed E-state index contributed by atoms with van der Waals surface area (Å²) >= 11 is 0. The van der Waals surface area contributed by atoms with E-state index in [-0.39, 0.29) is 17.6 Å². The maximum Gasteiger partial charge on any atom is 0.291 e. The van der Waals surface area contributed by atoms with Crippen LogP contribution in [0.2, 0.25) is 0 Å². The van der Waals surface area contributed by atoms with E-state index in [4.69, 9.17) is 9.15 Å². The smallest absolute Gasteiger partial charge is 0.291 e. The quantitative estimate of drug-likeness (QED) is 0.701. The van der Waals surface area contributed by atoms with E-state index >= 15 is 0 Å². The molecule has 1 atom stereocenters. The maximum atomic E-state index is 12.7. The Morgan fingerprint density at radius 3 is 2.60 bits per heavy atom. The molecule has 0 spiro atoms. The molecule has 1 aliphatic heterocycles. The third-order valence-electron chi connectivity index (χ3n) is 5.52. The Kier molecular flexibility index (Phi) is 5.46. The number of ether oxygens (including phenoxy) is 1. The van der Waals surface area contributed by atoms with E-state index < -0.39 is 0 Å². The van der Waals surface area contributed by atoms with Crippen LogP contribution in [-0.2, 0) is 0 Å². The lowest BCUT2D eigenvalue weighted by molar-refractivity contribution is 0.0783. The minimum Gasteiger partial charge on any atom is -0.493 e. The zero-order valence-corrected chi connectivity index (χ0v) is 17.3. The van der Waals surface area contributed by atoms with E-state index in [0.717, 1.165) is 24.9 Å². The van der Waals surface area contributed by atoms with Crippen LogP contribution in [0.25, 0.3) is 11.0 Å². The third-order valence-corrected chi connectivity index (χ3v) is 5.52. The van der Waals surface area contributed by atoms with Gasteiger partial charge in [-0.3, -0.25) is 9.59 Å². The zero-order chi connectivity index (χ0) is 21.3. The monoisotopic (exact) mass is 407 g/mol. The molecule has 0 radical (unpaired) electrons. The van der Waals surface area contributed by atoms with Crippen molar-refractivity contribution in [2.75, 3.05) is 39.6 Å². The first-order valence-corrected chi connectivity index (χ1v) is 9.90. The molecule has 1 aromatic heterocycles. The number of anilines is 1. The van der Waals surface area contributed by atoms with Gasteiger partial charge in [0.1, 0.15) is 0 Å². The molecule has 1 saturated heterocycles. The van der Waals surface area contributed by atoms with E-state index in [2.05, 4.69) is 10.2 Å². The fourth-order valence-corrected chi connectivity index (χ4v) is 3.73. The minimum atomic E-state index is -0.360. The molecule has 7 heteroatoms. The number of para-hydroxylation sites is 1. The molecule has 0 saturated carbocycles. The second-order valence-electron chi connectivity index (χ2n) is 7.68. The van der Waals surface area contributed by atoms with Crippen molar-refractivity contribution in [1.29, 1.82) is 0 Å². The number of carbonyl (C=O) groups is 2. The van der Waals surface area contributed by atoms with E-state index in [9.17, 15) is 9.59 Å². The van der Waals surface area contributed by atoms with Crippen molar-refractivity contribution in [2.45, 2.75) is 12.5 Å². The van der Waals surface area contributed by atoms with Crippen LogP contribution < -0.4 is 10.1 Å². The van der Waals surface area contributed by atoms with Gasteiger partial charge in [-0.1, -0.05) is 12.1 Å². The highest BCUT2D eigenvalue weighted by Gasteiger charge is 2.28. The second-order valence-corrected chi connectivity index (χ2v) is 7.68. The van der Waals surface area contributed by atoms with Gasteiger partial charge in [0.05, 0.1) is 7.11 Å². The Hall–Kier alpha value is -3.32. The molecular weight excluding hydrogens is 382 g/mol. The number of methoxy groups -OCH3 is 1. The van der Waals surface area contributed by atoms with E-state index in [0.29, 0.717) is 28.6 Å². The molecule has 2 amide bonds. The van der Waals surface area contributed by atoms with Crippen LogP contribution in [0.4, 0.5) is 5.69 Å². The lowest BCUT2D eigenvalue weighted by atomic mass is 10.2. The van der Waals surface area contributed by atoms with E-state index in [1.165, 1.54) is 0 Å². The van der Waals surface area contributed by atoms with Gasteiger partial charge < -0.3 is 24.3 Å². The van der Waals surface area contributed by atoms with Gasteiger partial charge in [-0.2, -0.15) is 0 Å². The van der Waals surface area contributed by atoms with Crippen LogP contribution in [-0.4, -0.2) is 62.0 Å². The van der Waals surface area contributed by atoms with Crippen LogP contribution in [0.15, 0.2) is 52.9 Å². The Bertz CT molecular complexity index is 1070. The molecule has 0 aliphatic carbocycles. The first kappa shape index (κ1) is 20.0. The molecule has 1 aliphatic rings. The van der Waals surface area contributed by atoms with Crippen molar-refractivity contribution in [3.05, 3.63) is 59.9 Å². The molecule has 1 unspecified atom stereocenters. The van der Waals surface area contributed by atoms with Gasteiger partial charge in [0.2, 0.25) is 0 Å². The maximum absolute atomic E-state index is 12.7. The van der Waals surface area contributed by atoms with Crippen molar-refractivity contribution >= 4 is 28.5 Å². The number of nitrogens with zero attached hydrogens (tertiary/aromatic N) is 2. The number of hydrogen-bond donors (Lipinski definition) is 1. The van der Waals surface area contributed by atoms with Crippen LogP contribution in [0, 0.1) is 0 Å². The molecule has 2 aromatic carbocycles. The molecule has 2 heterocycles. The van der Waals surface area contributed by atoms with Crippen LogP contribution in [0.1, 0.15) is 27.3 Å². The predicted molar refractivity (Wildman–Crippen MR) is 115 cm³/mol. The van der Waals surface area contributed by atoms with Crippen molar-refractivity contribution in [3.63, 3.8) is 0 Å². The third kappa shape index (κ3) is 3.89. The van der Waals surface area contributed by atoms with Crippen molar-refractivity contribution in [3.8, 4) is 5.75 Å². The Morgan fingerprint density at radius 2 is 1.93 bits per heavy atom. The van der Waals surface area contributed by atoms with Crippen LogP contribution >= 0.6 is 0 Å². The summed E-state index contributed by atoms with van der Waals surface area (Å²) in [5.41, 5.74) is 1.74. The van der Waals surface area contributed by atoms with Crippen molar-refractivity contribution < 1.29 is 18.7 Å². The van der Waals surface area contributed by atoms with E-state index in [1.54, 1.807) is 43.5 Å². The summed E-state index contributed by atoms with van der Waals surface area (Å²) in [4.78, 5) is 29.3. The summed E-state index contributed by atoms with van der Waals surface area (Å²) in [5, 5.41) is 3.60. The van der Waals surface area contributed by atoms with Crippen molar-refractivity contribution in [2.24, 2.45) is 0 Å². The molecule has 7 nitrogen and oxygen atoms in total. The lowest BCUT2D eigenvalue weighted by Crippen LogP contribution is -2.34. The first-order valence-electron chi connectivity index (χ1n) is 9.90. The fourth-order valence-electron chi connectivity index (χ4n) is 3.73. The predicted octanol–water partition coefficient (Wildman–Crippen LogP) is 3.47. The molecular formula is C23H25N3O4. The molecule has 3 aromatic rings. The Morgan fingerprint density at radius 1 is 1.17 bits per heavy atom. The molecule has 0 bridgehead atoms. The van der Waals surface area contributed by atoms with Crippen LogP contribution in [0.5, 0.6) is 5.75 Å². The summed E-state index contributed by atoms with van der Waals surface area (Å²) in [6, 6.07) is 14.5. The average Bonchev–Trinajstić information content (AvgIpc) is 3.41. The number of fused-ring (bicyclic) bond motifs is 1. The number of carbonyl (C=O) groups excluding carboxylic acids is 2. The number of benzene rings is 2. The molecule has 30 heavy (non-hydrogen) atoms. The number of nitrogens with one attached hydrogen (secondary N) is 1. The highest BCUT2D eigenvalue weighted by molar-refractivity contribution is 6.05. The van der Waals surface area contributed by atoms with Gasteiger partial charge >= 0.3 is 0 Å². The highest BCUT2D eigenvalue weighted by Crippen LogP contribution is 2.29. The normalized spacial score (nSPS) is 16.3. The average molecular weight is 407 g/mol. The molecule has 1 fully saturated rings. The summed E-state index contributed by atoms with van der Waals surface area (Å²) in [5.74, 6) is 0.427. The first-order chi connectivity index (χ1) is 14.5. The van der Waals surface area contributed by atoms with Gasteiger partial charge in [0.15, 0.2) is 17.1 Å². The van der Waals surface area contributed by atoms with Gasteiger partial charge in [-0.15, -0.1) is 0 Å². The summed E-state index contributed by atoms with van der Waals surface area (Å²) in [7, 11) is 5.63. The van der Waals surface area contributed by atoms with Gasteiger partial charge in [-0.05, 0) is 56.9 Å². The van der Waals surface area contributed by atoms with Crippen molar-refractivity contribution in [1.82, 2.24) is 9.80 Å². The minimum absolute atomic E-state index is 0.0154. The number of rotatable bonds is 5. The number of likely N-dealkylation sites (N-methyl/N-ethyl adjacent to an activating group) is 1. The van der Waals surface area contributed by atoms with Gasteiger partial charge in [0.25, 0.3) is 11.8 Å². The molecule has 1 N–H and O–H groups in total. The highest BCUT2D eigenvalue weighted by atomic mass is 16.5. The van der Waals surface area contributed by atoms with Gasteiger partial charge in [-0.25, -0.2) is 0 Å². The SMILES string of the molecule is COc1cccc2cc(C(=O)Nc3ccc(C(=O)N4CCC(N(C)C)C4)cc3)oc12. The summed E-state index contributed by atoms with van der Waals surface area (Å²) < 4.78 is 11.0. The molecule has 156 valence electrons. The standard InChI is InChI=1S/C23H25N3O4/c1-25(2)18-11-12-26(14-18)23(28)15-7-9-17(10-8-15)24-22(27)20-13-16-5-4-6-19(29-3)21(16)30-20/h4-10,13,18H,11-12,14H2,1-3H3,(H,24,27). The Labute approximate surface area is 175 Å². The fraction of sp³-hybridized carbons (Fsp3) is 0.304. The number of hydrogen-bond acceptors (Lipinski definition) is 5. The number of furan rings is 1. The van der Waals surface area contributed by atoms with Crippen LogP contribution in [0.3, 0.4) is 0 Å². The lowest BCUT2D eigenvalue weighted by Gasteiger charge is -2.20. The topological polar surface area (TPSA) is 75.0 Å². The molecule has 4 rings (SSSR count).